The van der Waals surface area contributed by atoms with Crippen LogP contribution in [0.2, 0.25) is 0 Å². The van der Waals surface area contributed by atoms with Crippen LogP contribution in [-0.2, 0) is 9.53 Å². The zero-order chi connectivity index (χ0) is 19.0. The first-order valence-corrected chi connectivity index (χ1v) is 8.99. The van der Waals surface area contributed by atoms with Crippen LogP contribution in [0.1, 0.15) is 24.1 Å². The van der Waals surface area contributed by atoms with Crippen LogP contribution >= 0.6 is 0 Å². The summed E-state index contributed by atoms with van der Waals surface area (Å²) in [4.78, 5) is 33.3. The number of carbonyl (C=O) groups is 2. The molecule has 2 aliphatic heterocycles. The Balaban J connectivity index is 1.58. The molecule has 2 aromatic rings. The molecule has 27 heavy (non-hydrogen) atoms. The Morgan fingerprint density at radius 1 is 1.07 bits per heavy atom. The van der Waals surface area contributed by atoms with Gasteiger partial charge in [0.1, 0.15) is 0 Å². The molecule has 4 rings (SSSR count). The number of urea groups is 1. The lowest BCUT2D eigenvalue weighted by Gasteiger charge is -2.26. The Labute approximate surface area is 158 Å². The van der Waals surface area contributed by atoms with Crippen molar-refractivity contribution in [1.82, 2.24) is 9.80 Å². The molecular formula is C21H21N3O3. The smallest absolute Gasteiger partial charge is 0.327 e. The number of benzene rings is 2. The molecule has 0 bridgehead atoms. The molecule has 0 aliphatic carbocycles. The first kappa shape index (κ1) is 17.3. The van der Waals surface area contributed by atoms with Gasteiger partial charge in [0.05, 0.1) is 18.6 Å². The monoisotopic (exact) mass is 363 g/mol. The van der Waals surface area contributed by atoms with Crippen LogP contribution in [-0.4, -0.2) is 53.4 Å². The summed E-state index contributed by atoms with van der Waals surface area (Å²) < 4.78 is 5.81. The van der Waals surface area contributed by atoms with E-state index in [-0.39, 0.29) is 30.6 Å². The predicted octanol–water partition coefficient (Wildman–Crippen LogP) is 2.86. The Kier molecular flexibility index (Phi) is 4.39. The highest BCUT2D eigenvalue weighted by molar-refractivity contribution is 6.03. The number of hydrogen-bond acceptors (Lipinski definition) is 4. The molecule has 1 saturated heterocycles. The minimum Gasteiger partial charge on any atom is -0.462 e. The van der Waals surface area contributed by atoms with Crippen molar-refractivity contribution in [2.24, 2.45) is 4.99 Å². The molecular weight excluding hydrogens is 342 g/mol. The second-order valence-electron chi connectivity index (χ2n) is 6.82. The Hall–Kier alpha value is -3.15. The zero-order valence-corrected chi connectivity index (χ0v) is 15.3. The molecule has 2 aromatic carbocycles. The van der Waals surface area contributed by atoms with Crippen molar-refractivity contribution in [3.63, 3.8) is 0 Å². The Morgan fingerprint density at radius 3 is 2.37 bits per heavy atom. The van der Waals surface area contributed by atoms with E-state index in [9.17, 15) is 9.59 Å². The molecule has 138 valence electrons. The van der Waals surface area contributed by atoms with Crippen molar-refractivity contribution in [1.29, 1.82) is 0 Å². The van der Waals surface area contributed by atoms with E-state index < -0.39 is 6.10 Å². The summed E-state index contributed by atoms with van der Waals surface area (Å²) in [6.45, 7) is 2.16. The van der Waals surface area contributed by atoms with Gasteiger partial charge >= 0.3 is 6.03 Å². The molecule has 6 heteroatoms. The number of likely N-dealkylation sites (N-methyl/N-ethyl adjacent to an activating group) is 1. The van der Waals surface area contributed by atoms with Crippen LogP contribution in [0.3, 0.4) is 0 Å². The number of carbonyl (C=O) groups excluding carboxylic acids is 2. The van der Waals surface area contributed by atoms with Gasteiger partial charge in [0.25, 0.3) is 5.91 Å². The summed E-state index contributed by atoms with van der Waals surface area (Å²) in [5.41, 5.74) is 1.75. The number of ether oxygens (including phenoxy) is 1. The summed E-state index contributed by atoms with van der Waals surface area (Å²) in [5, 5.41) is 0. The topological polar surface area (TPSA) is 62.2 Å². The van der Waals surface area contributed by atoms with Crippen LogP contribution in [0.4, 0.5) is 4.79 Å². The lowest BCUT2D eigenvalue weighted by Crippen LogP contribution is -2.44. The second kappa shape index (κ2) is 6.87. The lowest BCUT2D eigenvalue weighted by molar-refractivity contribution is -0.136. The standard InChI is InChI=1S/C21H21N3O3/c1-14-18(15-9-5-3-6-10-15)24(21(26)23(14)2)20(25)17-13-22-19(27-17)16-11-7-4-8-12-16/h3-12,14,17-18H,13H2,1-2H3/t14-,17-,18-/m0/s1. The van der Waals surface area contributed by atoms with Crippen molar-refractivity contribution in [2.45, 2.75) is 25.1 Å². The van der Waals surface area contributed by atoms with Crippen LogP contribution < -0.4 is 0 Å². The third-order valence-corrected chi connectivity index (χ3v) is 5.18. The maximum atomic E-state index is 13.2. The number of amides is 3. The van der Waals surface area contributed by atoms with Gasteiger partial charge < -0.3 is 9.64 Å². The van der Waals surface area contributed by atoms with Crippen molar-refractivity contribution < 1.29 is 14.3 Å². The number of rotatable bonds is 3. The van der Waals surface area contributed by atoms with E-state index in [0.29, 0.717) is 5.90 Å². The van der Waals surface area contributed by atoms with Crippen molar-refractivity contribution in [3.8, 4) is 0 Å². The molecule has 0 unspecified atom stereocenters. The summed E-state index contributed by atoms with van der Waals surface area (Å²) in [6.07, 6.45) is -0.783. The Bertz CT molecular complexity index is 882. The zero-order valence-electron chi connectivity index (χ0n) is 15.3. The molecule has 6 nitrogen and oxygen atoms in total. The summed E-state index contributed by atoms with van der Waals surface area (Å²) in [7, 11) is 1.72. The molecule has 3 atom stereocenters. The maximum Gasteiger partial charge on any atom is 0.327 e. The average Bonchev–Trinajstić information content (AvgIpc) is 3.29. The van der Waals surface area contributed by atoms with Gasteiger partial charge in [0.15, 0.2) is 6.10 Å². The quantitative estimate of drug-likeness (QED) is 0.842. The molecule has 1 fully saturated rings. The van der Waals surface area contributed by atoms with Gasteiger partial charge in [-0.1, -0.05) is 48.5 Å². The first-order chi connectivity index (χ1) is 13.1. The van der Waals surface area contributed by atoms with Gasteiger partial charge in [0.2, 0.25) is 5.90 Å². The van der Waals surface area contributed by atoms with Gasteiger partial charge in [-0.25, -0.2) is 9.79 Å². The normalized spacial score (nSPS) is 24.7. The molecule has 2 heterocycles. The van der Waals surface area contributed by atoms with E-state index in [4.69, 9.17) is 4.74 Å². The fourth-order valence-corrected chi connectivity index (χ4v) is 3.60. The van der Waals surface area contributed by atoms with Crippen molar-refractivity contribution >= 4 is 17.8 Å². The minimum atomic E-state index is -0.783. The predicted molar refractivity (Wildman–Crippen MR) is 101 cm³/mol. The van der Waals surface area contributed by atoms with Gasteiger partial charge in [-0.2, -0.15) is 0 Å². The van der Waals surface area contributed by atoms with E-state index >= 15 is 0 Å². The average molecular weight is 363 g/mol. The minimum absolute atomic E-state index is 0.125. The molecule has 2 aliphatic rings. The van der Waals surface area contributed by atoms with Gasteiger partial charge in [0, 0.05) is 12.6 Å². The fraction of sp³-hybridized carbons (Fsp3) is 0.286. The molecule has 0 N–H and O–H groups in total. The molecule has 0 aromatic heterocycles. The molecule has 0 saturated carbocycles. The lowest BCUT2D eigenvalue weighted by atomic mass is 10.00. The largest absolute Gasteiger partial charge is 0.462 e. The highest BCUT2D eigenvalue weighted by Gasteiger charge is 2.48. The van der Waals surface area contributed by atoms with E-state index in [1.165, 1.54) is 4.90 Å². The molecule has 3 amide bonds. The fourth-order valence-electron chi connectivity index (χ4n) is 3.60. The molecule has 0 spiro atoms. The second-order valence-corrected chi connectivity index (χ2v) is 6.82. The SMILES string of the molecule is C[C@H]1[C@@H](c2ccccc2)N(C(=O)[C@@H]2CN=C(c3ccccc3)O2)C(=O)N1C. The third-order valence-electron chi connectivity index (χ3n) is 5.18. The van der Waals surface area contributed by atoms with Gasteiger partial charge in [-0.3, -0.25) is 9.69 Å². The third kappa shape index (κ3) is 2.97. The van der Waals surface area contributed by atoms with Crippen molar-refractivity contribution in [2.75, 3.05) is 13.6 Å². The van der Waals surface area contributed by atoms with Gasteiger partial charge in [-0.05, 0) is 24.6 Å². The molecule has 0 radical (unpaired) electrons. The van der Waals surface area contributed by atoms with E-state index in [1.807, 2.05) is 67.6 Å². The summed E-state index contributed by atoms with van der Waals surface area (Å²) in [6, 6.07) is 18.3. The highest BCUT2D eigenvalue weighted by Crippen LogP contribution is 2.35. The van der Waals surface area contributed by atoms with Crippen LogP contribution in [0, 0.1) is 0 Å². The van der Waals surface area contributed by atoms with E-state index in [1.54, 1.807) is 11.9 Å². The summed E-state index contributed by atoms with van der Waals surface area (Å²) in [5.74, 6) is 0.0954. The van der Waals surface area contributed by atoms with Crippen LogP contribution in [0.25, 0.3) is 0 Å². The number of aliphatic imine (C=N–C) groups is 1. The van der Waals surface area contributed by atoms with Gasteiger partial charge in [-0.15, -0.1) is 0 Å². The summed E-state index contributed by atoms with van der Waals surface area (Å²) >= 11 is 0. The number of imide groups is 1. The number of nitrogens with zero attached hydrogens (tertiary/aromatic N) is 3. The van der Waals surface area contributed by atoms with E-state index in [2.05, 4.69) is 4.99 Å². The van der Waals surface area contributed by atoms with E-state index in [0.717, 1.165) is 11.1 Å². The first-order valence-electron chi connectivity index (χ1n) is 8.99. The highest BCUT2D eigenvalue weighted by atomic mass is 16.5. The van der Waals surface area contributed by atoms with Crippen LogP contribution in [0.5, 0.6) is 0 Å². The Morgan fingerprint density at radius 2 is 1.70 bits per heavy atom. The number of hydrogen-bond donors (Lipinski definition) is 0. The van der Waals surface area contributed by atoms with Crippen molar-refractivity contribution in [3.05, 3.63) is 71.8 Å². The van der Waals surface area contributed by atoms with Crippen LogP contribution in [0.15, 0.2) is 65.7 Å². The maximum absolute atomic E-state index is 13.2.